The zero-order valence-electron chi connectivity index (χ0n) is 13.5. The number of rotatable bonds is 6. The normalized spacial score (nSPS) is 22.6. The number of aliphatic hydroxyl groups is 1. The second-order valence-electron chi connectivity index (χ2n) is 6.51. The van der Waals surface area contributed by atoms with Crippen molar-refractivity contribution in [1.29, 1.82) is 0 Å². The molecule has 2 aliphatic heterocycles. The van der Waals surface area contributed by atoms with Gasteiger partial charge in [-0.15, -0.1) is 0 Å². The van der Waals surface area contributed by atoms with Crippen molar-refractivity contribution in [3.8, 4) is 0 Å². The van der Waals surface area contributed by atoms with Crippen molar-refractivity contribution < 1.29 is 14.6 Å². The van der Waals surface area contributed by atoms with Crippen LogP contribution < -0.4 is 4.90 Å². The van der Waals surface area contributed by atoms with Gasteiger partial charge in [0.1, 0.15) is 0 Å². The third-order valence-electron chi connectivity index (χ3n) is 4.52. The zero-order valence-corrected chi connectivity index (χ0v) is 13.5. The van der Waals surface area contributed by atoms with Crippen LogP contribution in [0, 0.1) is 6.92 Å². The Bertz CT molecular complexity index is 485. The molecular formula is C18H27NO3. The fourth-order valence-electron chi connectivity index (χ4n) is 3.37. The molecule has 22 heavy (non-hydrogen) atoms. The van der Waals surface area contributed by atoms with Crippen LogP contribution in [0.2, 0.25) is 0 Å². The van der Waals surface area contributed by atoms with Crippen LogP contribution in [0.5, 0.6) is 0 Å². The number of aryl methyl sites for hydroxylation is 2. The van der Waals surface area contributed by atoms with E-state index in [2.05, 4.69) is 30.0 Å². The predicted molar refractivity (Wildman–Crippen MR) is 87.5 cm³/mol. The first-order valence-corrected chi connectivity index (χ1v) is 8.44. The Morgan fingerprint density at radius 1 is 1.41 bits per heavy atom. The van der Waals surface area contributed by atoms with E-state index in [1.807, 2.05) is 0 Å². The van der Waals surface area contributed by atoms with Gasteiger partial charge in [0.15, 0.2) is 0 Å². The minimum absolute atomic E-state index is 0.227. The van der Waals surface area contributed by atoms with Crippen molar-refractivity contribution in [3.63, 3.8) is 0 Å². The lowest BCUT2D eigenvalue weighted by atomic mass is 9.99. The summed E-state index contributed by atoms with van der Waals surface area (Å²) in [7, 11) is 0. The molecule has 2 heterocycles. The van der Waals surface area contributed by atoms with Crippen LogP contribution in [-0.2, 0) is 15.9 Å². The molecule has 0 unspecified atom stereocenters. The second-order valence-corrected chi connectivity index (χ2v) is 6.51. The van der Waals surface area contributed by atoms with Crippen LogP contribution in [0.15, 0.2) is 18.2 Å². The van der Waals surface area contributed by atoms with E-state index in [-0.39, 0.29) is 6.10 Å². The van der Waals surface area contributed by atoms with Gasteiger partial charge >= 0.3 is 0 Å². The second kappa shape index (κ2) is 7.44. The summed E-state index contributed by atoms with van der Waals surface area (Å²) in [4.78, 5) is 2.30. The summed E-state index contributed by atoms with van der Waals surface area (Å²) < 4.78 is 11.2. The SMILES string of the molecule is Cc1ccc2c(c1)N(C[C@H](O)COC[C@H]1CCCO1)CCC2. The van der Waals surface area contributed by atoms with E-state index in [4.69, 9.17) is 9.47 Å². The molecule has 4 nitrogen and oxygen atoms in total. The highest BCUT2D eigenvalue weighted by Gasteiger charge is 2.20. The maximum absolute atomic E-state index is 10.3. The highest BCUT2D eigenvalue weighted by molar-refractivity contribution is 5.57. The fraction of sp³-hybridized carbons (Fsp3) is 0.667. The van der Waals surface area contributed by atoms with Gasteiger partial charge < -0.3 is 19.5 Å². The van der Waals surface area contributed by atoms with Gasteiger partial charge in [-0.2, -0.15) is 0 Å². The lowest BCUT2D eigenvalue weighted by Gasteiger charge is -2.33. The van der Waals surface area contributed by atoms with Gasteiger partial charge in [-0.1, -0.05) is 12.1 Å². The molecule has 1 fully saturated rings. The predicted octanol–water partition coefficient (Wildman–Crippen LogP) is 2.30. The standard InChI is InChI=1S/C18H27NO3/c1-14-6-7-15-4-2-8-19(18(15)10-14)11-16(20)12-21-13-17-5-3-9-22-17/h6-7,10,16-17,20H,2-5,8-9,11-13H2,1H3/t16-,17+/m0/s1. The monoisotopic (exact) mass is 305 g/mol. The van der Waals surface area contributed by atoms with Gasteiger partial charge in [-0.05, 0) is 49.8 Å². The van der Waals surface area contributed by atoms with Gasteiger partial charge in [-0.25, -0.2) is 0 Å². The molecule has 1 saturated heterocycles. The quantitative estimate of drug-likeness (QED) is 0.876. The third kappa shape index (κ3) is 4.00. The summed E-state index contributed by atoms with van der Waals surface area (Å²) >= 11 is 0. The molecule has 0 spiro atoms. The van der Waals surface area contributed by atoms with Gasteiger partial charge in [-0.3, -0.25) is 0 Å². The van der Waals surface area contributed by atoms with Crippen molar-refractivity contribution in [3.05, 3.63) is 29.3 Å². The lowest BCUT2D eigenvalue weighted by Crippen LogP contribution is -2.38. The Morgan fingerprint density at radius 3 is 3.14 bits per heavy atom. The Labute approximate surface area is 133 Å². The third-order valence-corrected chi connectivity index (χ3v) is 4.52. The average Bonchev–Trinajstić information content (AvgIpc) is 3.01. The molecule has 2 aliphatic rings. The molecule has 4 heteroatoms. The number of anilines is 1. The Balaban J connectivity index is 1.49. The number of ether oxygens (including phenoxy) is 2. The summed E-state index contributed by atoms with van der Waals surface area (Å²) in [5.74, 6) is 0. The first kappa shape index (κ1) is 15.8. The molecule has 122 valence electrons. The summed E-state index contributed by atoms with van der Waals surface area (Å²) in [5, 5.41) is 10.3. The fourth-order valence-corrected chi connectivity index (χ4v) is 3.37. The highest BCUT2D eigenvalue weighted by Crippen LogP contribution is 2.28. The highest BCUT2D eigenvalue weighted by atomic mass is 16.5. The van der Waals surface area contributed by atoms with Crippen molar-refractivity contribution in [2.75, 3.05) is 37.8 Å². The van der Waals surface area contributed by atoms with E-state index < -0.39 is 6.10 Å². The van der Waals surface area contributed by atoms with Crippen molar-refractivity contribution >= 4 is 5.69 Å². The molecule has 0 radical (unpaired) electrons. The number of benzene rings is 1. The first-order valence-electron chi connectivity index (χ1n) is 8.44. The number of β-amino-alcohol motifs (C(OH)–C–C–N with tert-alkyl or cyclic N) is 1. The minimum atomic E-state index is -0.451. The Kier molecular flexibility index (Phi) is 5.34. The smallest absolute Gasteiger partial charge is 0.0948 e. The van der Waals surface area contributed by atoms with Gasteiger partial charge in [0.25, 0.3) is 0 Å². The number of hydrogen-bond donors (Lipinski definition) is 1. The summed E-state index contributed by atoms with van der Waals surface area (Å²) in [6, 6.07) is 6.62. The van der Waals surface area contributed by atoms with Crippen LogP contribution in [0.1, 0.15) is 30.4 Å². The van der Waals surface area contributed by atoms with Crippen molar-refractivity contribution in [2.45, 2.75) is 44.8 Å². The van der Waals surface area contributed by atoms with Crippen LogP contribution in [0.3, 0.4) is 0 Å². The Hall–Kier alpha value is -1.10. The molecule has 0 amide bonds. The molecule has 0 aromatic heterocycles. The molecule has 0 bridgehead atoms. The first-order chi connectivity index (χ1) is 10.7. The largest absolute Gasteiger partial charge is 0.389 e. The lowest BCUT2D eigenvalue weighted by molar-refractivity contribution is -0.0150. The van der Waals surface area contributed by atoms with Crippen LogP contribution >= 0.6 is 0 Å². The Morgan fingerprint density at radius 2 is 2.32 bits per heavy atom. The molecule has 1 aromatic carbocycles. The van der Waals surface area contributed by atoms with E-state index in [1.54, 1.807) is 0 Å². The topological polar surface area (TPSA) is 41.9 Å². The summed E-state index contributed by atoms with van der Waals surface area (Å²) in [6.07, 6.45) is 4.27. The van der Waals surface area contributed by atoms with Crippen molar-refractivity contribution in [2.24, 2.45) is 0 Å². The van der Waals surface area contributed by atoms with E-state index in [1.165, 1.54) is 16.8 Å². The average molecular weight is 305 g/mol. The van der Waals surface area contributed by atoms with Crippen LogP contribution in [-0.4, -0.2) is 50.2 Å². The number of fused-ring (bicyclic) bond motifs is 1. The van der Waals surface area contributed by atoms with Gasteiger partial charge in [0, 0.05) is 25.4 Å². The maximum atomic E-state index is 10.3. The number of aliphatic hydroxyl groups excluding tert-OH is 1. The van der Waals surface area contributed by atoms with E-state index in [0.29, 0.717) is 19.8 Å². The van der Waals surface area contributed by atoms with Crippen LogP contribution in [0.4, 0.5) is 5.69 Å². The zero-order chi connectivity index (χ0) is 15.4. The summed E-state index contributed by atoms with van der Waals surface area (Å²) in [6.45, 7) is 5.61. The summed E-state index contributed by atoms with van der Waals surface area (Å²) in [5.41, 5.74) is 3.95. The maximum Gasteiger partial charge on any atom is 0.0948 e. The minimum Gasteiger partial charge on any atom is -0.389 e. The van der Waals surface area contributed by atoms with E-state index >= 15 is 0 Å². The van der Waals surface area contributed by atoms with E-state index in [9.17, 15) is 5.11 Å². The molecular weight excluding hydrogens is 278 g/mol. The van der Waals surface area contributed by atoms with Gasteiger partial charge in [0.2, 0.25) is 0 Å². The number of hydrogen-bond acceptors (Lipinski definition) is 4. The van der Waals surface area contributed by atoms with Crippen molar-refractivity contribution in [1.82, 2.24) is 0 Å². The molecule has 3 rings (SSSR count). The van der Waals surface area contributed by atoms with E-state index in [0.717, 1.165) is 38.8 Å². The molecule has 1 aromatic rings. The molecule has 0 saturated carbocycles. The molecule has 2 atom stereocenters. The number of nitrogens with zero attached hydrogens (tertiary/aromatic N) is 1. The molecule has 1 N–H and O–H groups in total. The van der Waals surface area contributed by atoms with Crippen LogP contribution in [0.25, 0.3) is 0 Å². The molecule has 0 aliphatic carbocycles. The van der Waals surface area contributed by atoms with Gasteiger partial charge in [0.05, 0.1) is 25.4 Å².